The zero-order chi connectivity index (χ0) is 16.8. The molecule has 0 spiro atoms. The topological polar surface area (TPSA) is 26.3 Å². The van der Waals surface area contributed by atoms with Crippen LogP contribution in [0.4, 0.5) is 0 Å². The van der Waals surface area contributed by atoms with Crippen LogP contribution >= 0.6 is 0 Å². The first-order valence-corrected chi connectivity index (χ1v) is 10.8. The van der Waals surface area contributed by atoms with Crippen LogP contribution in [0.1, 0.15) is 54.4 Å². The Morgan fingerprint density at radius 1 is 1.33 bits per heavy atom. The third-order valence-electron chi connectivity index (χ3n) is 4.37. The predicted octanol–water partition coefficient (Wildman–Crippen LogP) is 5.51. The number of carbonyl (C=O) groups is 1. The van der Waals surface area contributed by atoms with Crippen molar-refractivity contribution in [3.8, 4) is 0 Å². The molecule has 0 aromatic rings. The van der Waals surface area contributed by atoms with Gasteiger partial charge in [-0.1, -0.05) is 52.8 Å². The Balaban J connectivity index is 4.95. The van der Waals surface area contributed by atoms with Gasteiger partial charge in [0.2, 0.25) is 0 Å². The molecule has 0 saturated carbocycles. The first kappa shape index (κ1) is 20.3. The molecular formula is C18H34O2Si. The van der Waals surface area contributed by atoms with Crippen molar-refractivity contribution in [3.05, 3.63) is 23.8 Å². The summed E-state index contributed by atoms with van der Waals surface area (Å²) < 4.78 is 6.51. The van der Waals surface area contributed by atoms with Crippen molar-refractivity contribution in [1.82, 2.24) is 0 Å². The molecule has 3 heteroatoms. The van der Waals surface area contributed by atoms with Crippen LogP contribution in [-0.4, -0.2) is 20.7 Å². The van der Waals surface area contributed by atoms with Gasteiger partial charge in [0.15, 0.2) is 8.32 Å². The highest BCUT2D eigenvalue weighted by Crippen LogP contribution is 2.38. The molecule has 0 aliphatic heterocycles. The van der Waals surface area contributed by atoms with E-state index in [-0.39, 0.29) is 17.1 Å². The lowest BCUT2D eigenvalue weighted by atomic mass is 10.00. The second kappa shape index (κ2) is 8.09. The molecule has 2 nitrogen and oxygen atoms in total. The maximum absolute atomic E-state index is 10.7. The minimum atomic E-state index is -1.77. The van der Waals surface area contributed by atoms with E-state index in [2.05, 4.69) is 60.4 Å². The average Bonchev–Trinajstić information content (AvgIpc) is 2.33. The van der Waals surface area contributed by atoms with Crippen LogP contribution in [0.3, 0.4) is 0 Å². The van der Waals surface area contributed by atoms with Crippen LogP contribution in [-0.2, 0) is 9.22 Å². The van der Waals surface area contributed by atoms with E-state index in [1.54, 1.807) is 0 Å². The highest BCUT2D eigenvalue weighted by molar-refractivity contribution is 6.74. The maximum atomic E-state index is 10.7. The molecular weight excluding hydrogens is 276 g/mol. The second-order valence-corrected chi connectivity index (χ2v) is 12.4. The van der Waals surface area contributed by atoms with Crippen LogP contribution in [0.25, 0.3) is 0 Å². The summed E-state index contributed by atoms with van der Waals surface area (Å²) in [4.78, 5) is 10.7. The van der Waals surface area contributed by atoms with E-state index in [0.717, 1.165) is 24.7 Å². The molecule has 0 fully saturated rings. The normalized spacial score (nSPS) is 16.5. The van der Waals surface area contributed by atoms with Crippen LogP contribution < -0.4 is 0 Å². The monoisotopic (exact) mass is 310 g/mol. The van der Waals surface area contributed by atoms with Gasteiger partial charge in [-0.15, -0.1) is 0 Å². The van der Waals surface area contributed by atoms with Gasteiger partial charge in [0.05, 0.1) is 6.10 Å². The van der Waals surface area contributed by atoms with E-state index >= 15 is 0 Å². The van der Waals surface area contributed by atoms with E-state index in [9.17, 15) is 4.79 Å². The van der Waals surface area contributed by atoms with Gasteiger partial charge in [-0.25, -0.2) is 0 Å². The van der Waals surface area contributed by atoms with Crippen molar-refractivity contribution in [2.45, 2.75) is 78.6 Å². The van der Waals surface area contributed by atoms with Crippen molar-refractivity contribution in [2.24, 2.45) is 5.92 Å². The van der Waals surface area contributed by atoms with E-state index in [4.69, 9.17) is 4.43 Å². The first-order valence-electron chi connectivity index (χ1n) is 7.93. The standard InChI is InChI=1S/C18H34O2Si/c1-10-17(20-21(8,9)18(5,6)7)16(4)12-14(2)11-15(3)13-19/h12-13,15,17H,2,10-11H2,1,3-9H3/b16-12+/t15-,17+/m0/s1. The van der Waals surface area contributed by atoms with Crippen LogP contribution in [0, 0.1) is 5.92 Å². The number of rotatable bonds is 8. The molecule has 21 heavy (non-hydrogen) atoms. The number of hydrogen-bond donors (Lipinski definition) is 0. The molecule has 0 unspecified atom stereocenters. The van der Waals surface area contributed by atoms with E-state index in [1.807, 2.05) is 6.92 Å². The van der Waals surface area contributed by atoms with Gasteiger partial charge in [0.25, 0.3) is 0 Å². The summed E-state index contributed by atoms with van der Waals surface area (Å²) in [5, 5.41) is 0.212. The minimum absolute atomic E-state index is 0.0305. The summed E-state index contributed by atoms with van der Waals surface area (Å²) >= 11 is 0. The molecule has 0 aliphatic carbocycles. The zero-order valence-electron chi connectivity index (χ0n) is 15.2. The van der Waals surface area contributed by atoms with Crippen LogP contribution in [0.15, 0.2) is 23.8 Å². The molecule has 2 atom stereocenters. The molecule has 0 aliphatic rings. The summed E-state index contributed by atoms with van der Waals surface area (Å²) in [6.07, 6.45) is 4.91. The van der Waals surface area contributed by atoms with E-state index in [1.165, 1.54) is 5.57 Å². The molecule has 0 aromatic carbocycles. The Bertz CT molecular complexity index is 389. The lowest BCUT2D eigenvalue weighted by molar-refractivity contribution is -0.110. The number of aldehydes is 1. The number of carbonyl (C=O) groups excluding carboxylic acids is 1. The molecule has 0 saturated heterocycles. The summed E-state index contributed by atoms with van der Waals surface area (Å²) in [6, 6.07) is 0. The lowest BCUT2D eigenvalue weighted by Gasteiger charge is -2.39. The van der Waals surface area contributed by atoms with E-state index in [0.29, 0.717) is 0 Å². The fourth-order valence-corrected chi connectivity index (χ4v) is 3.38. The Labute approximate surface area is 132 Å². The highest BCUT2D eigenvalue weighted by atomic mass is 28.4. The van der Waals surface area contributed by atoms with E-state index < -0.39 is 8.32 Å². The van der Waals surface area contributed by atoms with Gasteiger partial charge in [0, 0.05) is 5.92 Å². The average molecular weight is 311 g/mol. The molecule has 0 bridgehead atoms. The Morgan fingerprint density at radius 2 is 1.86 bits per heavy atom. The summed E-state index contributed by atoms with van der Waals surface area (Å²) in [6.45, 7) is 21.6. The Morgan fingerprint density at radius 3 is 2.24 bits per heavy atom. The predicted molar refractivity (Wildman–Crippen MR) is 95.1 cm³/mol. The molecule has 122 valence electrons. The molecule has 0 aromatic heterocycles. The minimum Gasteiger partial charge on any atom is -0.410 e. The SMILES string of the molecule is C=C(/C=C(\C)[C@@H](CC)O[Si](C)(C)C(C)(C)C)C[C@H](C)C=O. The number of allylic oxidation sites excluding steroid dienone is 2. The van der Waals surface area contributed by atoms with Crippen molar-refractivity contribution >= 4 is 14.6 Å². The summed E-state index contributed by atoms with van der Waals surface area (Å²) in [5.41, 5.74) is 2.22. The number of hydrogen-bond acceptors (Lipinski definition) is 2. The third kappa shape index (κ3) is 6.75. The smallest absolute Gasteiger partial charge is 0.192 e. The van der Waals surface area contributed by atoms with Gasteiger partial charge >= 0.3 is 0 Å². The third-order valence-corrected chi connectivity index (χ3v) is 8.86. The highest BCUT2D eigenvalue weighted by Gasteiger charge is 2.39. The van der Waals surface area contributed by atoms with Crippen molar-refractivity contribution < 1.29 is 9.22 Å². The molecule has 0 rings (SSSR count). The second-order valence-electron chi connectivity index (χ2n) is 7.64. The van der Waals surface area contributed by atoms with Gasteiger partial charge in [-0.05, 0) is 43.5 Å². The quantitative estimate of drug-likeness (QED) is 0.335. The van der Waals surface area contributed by atoms with Crippen LogP contribution in [0.5, 0.6) is 0 Å². The zero-order valence-corrected chi connectivity index (χ0v) is 16.2. The molecule has 0 heterocycles. The van der Waals surface area contributed by atoms with Crippen molar-refractivity contribution in [1.29, 1.82) is 0 Å². The fraction of sp³-hybridized carbons (Fsp3) is 0.722. The van der Waals surface area contributed by atoms with Crippen LogP contribution in [0.2, 0.25) is 18.1 Å². The Hall–Kier alpha value is -0.673. The van der Waals surface area contributed by atoms with Gasteiger partial charge in [-0.3, -0.25) is 0 Å². The summed E-state index contributed by atoms with van der Waals surface area (Å²) in [7, 11) is -1.77. The van der Waals surface area contributed by atoms with Gasteiger partial charge in [-0.2, -0.15) is 0 Å². The van der Waals surface area contributed by atoms with Gasteiger partial charge < -0.3 is 9.22 Å². The fourth-order valence-electron chi connectivity index (χ4n) is 1.97. The maximum Gasteiger partial charge on any atom is 0.192 e. The van der Waals surface area contributed by atoms with Gasteiger partial charge in [0.1, 0.15) is 6.29 Å². The lowest BCUT2D eigenvalue weighted by Crippen LogP contribution is -2.44. The largest absolute Gasteiger partial charge is 0.410 e. The van der Waals surface area contributed by atoms with Crippen molar-refractivity contribution in [2.75, 3.05) is 0 Å². The molecule has 0 radical (unpaired) electrons. The molecule has 0 amide bonds. The molecule has 0 N–H and O–H groups in total. The van der Waals surface area contributed by atoms with Crippen molar-refractivity contribution in [3.63, 3.8) is 0 Å². The first-order chi connectivity index (χ1) is 9.44. The summed E-state index contributed by atoms with van der Waals surface area (Å²) in [5.74, 6) is 0.0305. The Kier molecular flexibility index (Phi) is 7.83.